The van der Waals surface area contributed by atoms with E-state index in [1.807, 2.05) is 10.2 Å². The summed E-state index contributed by atoms with van der Waals surface area (Å²) in [6.07, 6.45) is 12.2. The fourth-order valence-corrected chi connectivity index (χ4v) is 3.51. The Morgan fingerprint density at radius 2 is 2.00 bits per heavy atom. The minimum absolute atomic E-state index is 0.471. The molecule has 1 atom stereocenters. The van der Waals surface area contributed by atoms with Crippen molar-refractivity contribution in [1.82, 2.24) is 0 Å². The first-order chi connectivity index (χ1) is 7.39. The molecule has 3 heteroatoms. The van der Waals surface area contributed by atoms with Crippen molar-refractivity contribution in [1.29, 1.82) is 0 Å². The van der Waals surface area contributed by atoms with Crippen LogP contribution in [0.2, 0.25) is 19.6 Å². The van der Waals surface area contributed by atoms with Gasteiger partial charge in [-0.05, 0) is 42.6 Å². The highest BCUT2D eigenvalue weighted by Crippen LogP contribution is 2.26. The van der Waals surface area contributed by atoms with Gasteiger partial charge in [0.15, 0.2) is 8.32 Å². The molecular formula is C13H23IOSi. The second kappa shape index (κ2) is 7.52. The molecule has 0 aliphatic rings. The van der Waals surface area contributed by atoms with Crippen LogP contribution in [0.5, 0.6) is 0 Å². The van der Waals surface area contributed by atoms with Crippen molar-refractivity contribution in [3.63, 3.8) is 0 Å². The molecule has 0 N–H and O–H groups in total. The molecule has 16 heavy (non-hydrogen) atoms. The van der Waals surface area contributed by atoms with E-state index in [0.717, 1.165) is 12.8 Å². The zero-order chi connectivity index (χ0) is 12.7. The smallest absolute Gasteiger partial charge is 0.186 e. The Morgan fingerprint density at radius 1 is 1.38 bits per heavy atom. The summed E-state index contributed by atoms with van der Waals surface area (Å²) in [5.74, 6) is 2.85. The first-order valence-electron chi connectivity index (χ1n) is 5.85. The Labute approximate surface area is 115 Å². The third-order valence-electron chi connectivity index (χ3n) is 2.22. The van der Waals surface area contributed by atoms with Gasteiger partial charge in [0.25, 0.3) is 0 Å². The maximum absolute atomic E-state index is 6.17. The molecule has 1 unspecified atom stereocenters. The topological polar surface area (TPSA) is 9.23 Å². The quantitative estimate of drug-likeness (QED) is 0.279. The summed E-state index contributed by atoms with van der Waals surface area (Å²) < 4.78 is 8.15. The molecule has 0 saturated carbocycles. The molecule has 0 amide bonds. The van der Waals surface area contributed by atoms with Gasteiger partial charge in [-0.2, -0.15) is 0 Å². The van der Waals surface area contributed by atoms with Gasteiger partial charge >= 0.3 is 0 Å². The van der Waals surface area contributed by atoms with E-state index in [4.69, 9.17) is 10.8 Å². The monoisotopic (exact) mass is 350 g/mol. The number of hydrogen-bond donors (Lipinski definition) is 0. The lowest BCUT2D eigenvalue weighted by Crippen LogP contribution is -2.40. The Bertz CT molecular complexity index is 262. The van der Waals surface area contributed by atoms with Crippen LogP contribution >= 0.6 is 22.6 Å². The van der Waals surface area contributed by atoms with E-state index in [0.29, 0.717) is 0 Å². The van der Waals surface area contributed by atoms with Gasteiger partial charge in [-0.1, -0.05) is 48.3 Å². The van der Waals surface area contributed by atoms with Gasteiger partial charge in [-0.3, -0.25) is 0 Å². The van der Waals surface area contributed by atoms with Gasteiger partial charge in [0.1, 0.15) is 5.60 Å². The molecule has 0 aliphatic carbocycles. The van der Waals surface area contributed by atoms with Crippen LogP contribution in [-0.4, -0.2) is 13.9 Å². The van der Waals surface area contributed by atoms with E-state index >= 15 is 0 Å². The summed E-state index contributed by atoms with van der Waals surface area (Å²) >= 11 is 2.21. The SMILES string of the molecule is C#CC(/C=C/I)(CCCCC)O[Si](C)(C)C. The first-order valence-corrected chi connectivity index (χ1v) is 10.5. The third kappa shape index (κ3) is 6.72. The Kier molecular flexibility index (Phi) is 7.61. The van der Waals surface area contributed by atoms with Gasteiger partial charge in [0.05, 0.1) is 0 Å². The Morgan fingerprint density at radius 3 is 2.38 bits per heavy atom. The second-order valence-electron chi connectivity index (χ2n) is 5.00. The zero-order valence-electron chi connectivity index (χ0n) is 10.8. The van der Waals surface area contributed by atoms with Crippen LogP contribution in [0, 0.1) is 12.3 Å². The first kappa shape index (κ1) is 16.2. The molecule has 0 aromatic carbocycles. The summed E-state index contributed by atoms with van der Waals surface area (Å²) in [6.45, 7) is 8.74. The van der Waals surface area contributed by atoms with Crippen molar-refractivity contribution in [3.8, 4) is 12.3 Å². The van der Waals surface area contributed by atoms with Gasteiger partial charge in [0.2, 0.25) is 0 Å². The molecule has 0 radical (unpaired) electrons. The predicted molar refractivity (Wildman–Crippen MR) is 83.3 cm³/mol. The maximum Gasteiger partial charge on any atom is 0.186 e. The van der Waals surface area contributed by atoms with Crippen molar-refractivity contribution in [2.45, 2.75) is 57.8 Å². The standard InChI is InChI=1S/C13H23IOSi/c1-6-8-9-10-13(7-2,11-12-14)15-16(3,4)5/h2,11-12H,6,8-10H2,1,3-5H3/b12-11+. The molecule has 1 nitrogen and oxygen atoms in total. The van der Waals surface area contributed by atoms with E-state index in [9.17, 15) is 0 Å². The van der Waals surface area contributed by atoms with Crippen LogP contribution in [-0.2, 0) is 4.43 Å². The number of halogens is 1. The molecule has 0 fully saturated rings. The normalized spacial score (nSPS) is 16.0. The van der Waals surface area contributed by atoms with Crippen LogP contribution in [0.15, 0.2) is 10.2 Å². The van der Waals surface area contributed by atoms with Gasteiger partial charge in [0, 0.05) is 0 Å². The fourth-order valence-electron chi connectivity index (χ4n) is 1.60. The Hall–Kier alpha value is 0.207. The van der Waals surface area contributed by atoms with Crippen molar-refractivity contribution < 1.29 is 4.43 Å². The highest BCUT2D eigenvalue weighted by atomic mass is 127. The summed E-state index contributed by atoms with van der Waals surface area (Å²) in [5.41, 5.74) is -0.471. The molecule has 92 valence electrons. The van der Waals surface area contributed by atoms with E-state index in [2.05, 4.69) is 55.1 Å². The third-order valence-corrected chi connectivity index (χ3v) is 3.55. The largest absolute Gasteiger partial charge is 0.398 e. The van der Waals surface area contributed by atoms with E-state index < -0.39 is 13.9 Å². The fraction of sp³-hybridized carbons (Fsp3) is 0.692. The van der Waals surface area contributed by atoms with Gasteiger partial charge in [-0.25, -0.2) is 0 Å². The van der Waals surface area contributed by atoms with Crippen LogP contribution in [0.1, 0.15) is 32.6 Å². The average Bonchev–Trinajstić information content (AvgIpc) is 2.16. The van der Waals surface area contributed by atoms with Crippen molar-refractivity contribution in [2.75, 3.05) is 0 Å². The van der Waals surface area contributed by atoms with E-state index in [1.165, 1.54) is 12.8 Å². The van der Waals surface area contributed by atoms with Crippen molar-refractivity contribution in [2.24, 2.45) is 0 Å². The number of hydrogen-bond acceptors (Lipinski definition) is 1. The van der Waals surface area contributed by atoms with Crippen LogP contribution < -0.4 is 0 Å². The molecule has 0 aliphatic heterocycles. The van der Waals surface area contributed by atoms with E-state index in [1.54, 1.807) is 0 Å². The Balaban J connectivity index is 4.67. The molecular weight excluding hydrogens is 327 g/mol. The lowest BCUT2D eigenvalue weighted by Gasteiger charge is -2.32. The minimum atomic E-state index is -1.61. The predicted octanol–water partition coefficient (Wildman–Crippen LogP) is 4.74. The molecule has 0 rings (SSSR count). The highest BCUT2D eigenvalue weighted by Gasteiger charge is 2.31. The molecule has 0 spiro atoms. The molecule has 0 bridgehead atoms. The van der Waals surface area contributed by atoms with E-state index in [-0.39, 0.29) is 0 Å². The summed E-state index contributed by atoms with van der Waals surface area (Å²) in [7, 11) is -1.61. The van der Waals surface area contributed by atoms with Crippen molar-refractivity contribution >= 4 is 30.9 Å². The maximum atomic E-state index is 6.17. The molecule has 0 saturated heterocycles. The highest BCUT2D eigenvalue weighted by molar-refractivity contribution is 14.1. The number of terminal acetylenes is 1. The average molecular weight is 350 g/mol. The molecule has 0 aromatic rings. The summed E-state index contributed by atoms with van der Waals surface area (Å²) in [6, 6.07) is 0. The van der Waals surface area contributed by atoms with Gasteiger partial charge in [-0.15, -0.1) is 6.42 Å². The zero-order valence-corrected chi connectivity index (χ0v) is 14.0. The van der Waals surface area contributed by atoms with Gasteiger partial charge < -0.3 is 4.43 Å². The number of unbranched alkanes of at least 4 members (excludes halogenated alkanes) is 2. The van der Waals surface area contributed by atoms with Crippen LogP contribution in [0.3, 0.4) is 0 Å². The summed E-state index contributed by atoms with van der Waals surface area (Å²) in [5, 5.41) is 0. The minimum Gasteiger partial charge on any atom is -0.398 e. The molecule has 0 heterocycles. The lowest BCUT2D eigenvalue weighted by molar-refractivity contribution is 0.159. The van der Waals surface area contributed by atoms with Crippen LogP contribution in [0.4, 0.5) is 0 Å². The number of rotatable bonds is 7. The molecule has 0 aromatic heterocycles. The van der Waals surface area contributed by atoms with Crippen molar-refractivity contribution in [3.05, 3.63) is 10.2 Å². The second-order valence-corrected chi connectivity index (χ2v) is 10.1. The lowest BCUT2D eigenvalue weighted by atomic mass is 9.97. The summed E-state index contributed by atoms with van der Waals surface area (Å²) in [4.78, 5) is 0. The van der Waals surface area contributed by atoms with Crippen LogP contribution in [0.25, 0.3) is 0 Å².